The van der Waals surface area contributed by atoms with Gasteiger partial charge in [0.15, 0.2) is 0 Å². The fourth-order valence-corrected chi connectivity index (χ4v) is 3.34. The quantitative estimate of drug-likeness (QED) is 0.861. The van der Waals surface area contributed by atoms with Crippen molar-refractivity contribution in [2.45, 2.75) is 58.5 Å². The first-order valence-electron chi connectivity index (χ1n) is 8.18. The molecule has 1 aliphatic carbocycles. The Morgan fingerprint density at radius 1 is 1.35 bits per heavy atom. The van der Waals surface area contributed by atoms with Crippen LogP contribution in [0.4, 0.5) is 5.82 Å². The Kier molecular flexibility index (Phi) is 3.97. The zero-order valence-corrected chi connectivity index (χ0v) is 12.9. The minimum Gasteiger partial charge on any atom is -0.356 e. The van der Waals surface area contributed by atoms with E-state index in [1.165, 1.54) is 50.0 Å². The lowest BCUT2D eigenvalue weighted by Crippen LogP contribution is -2.28. The summed E-state index contributed by atoms with van der Waals surface area (Å²) in [6.45, 7) is 7.97. The number of anilines is 1. The standard InChI is InChI=1S/C17H27N3/c1-3-17(4-2)9-11-20(13-17)16-14(6-5-10-18-16)12-19-15-7-8-15/h5-6,10,15,19H,3-4,7-9,11-13H2,1-2H3. The molecule has 1 saturated heterocycles. The fourth-order valence-electron chi connectivity index (χ4n) is 3.34. The number of hydrogen-bond donors (Lipinski definition) is 1. The summed E-state index contributed by atoms with van der Waals surface area (Å²) in [5.74, 6) is 1.21. The highest BCUT2D eigenvalue weighted by Crippen LogP contribution is 2.39. The van der Waals surface area contributed by atoms with Crippen LogP contribution in [0.2, 0.25) is 0 Å². The molecule has 2 aliphatic rings. The van der Waals surface area contributed by atoms with Crippen molar-refractivity contribution >= 4 is 5.82 Å². The van der Waals surface area contributed by atoms with Crippen molar-refractivity contribution in [3.05, 3.63) is 23.9 Å². The van der Waals surface area contributed by atoms with Crippen LogP contribution >= 0.6 is 0 Å². The van der Waals surface area contributed by atoms with Crippen LogP contribution in [0.25, 0.3) is 0 Å². The predicted octanol–water partition coefficient (Wildman–Crippen LogP) is 3.35. The summed E-state index contributed by atoms with van der Waals surface area (Å²) >= 11 is 0. The number of pyridine rings is 1. The molecule has 110 valence electrons. The normalized spacial score (nSPS) is 21.4. The molecule has 2 heterocycles. The van der Waals surface area contributed by atoms with Crippen molar-refractivity contribution in [2.24, 2.45) is 5.41 Å². The smallest absolute Gasteiger partial charge is 0.133 e. The highest BCUT2D eigenvalue weighted by atomic mass is 15.2. The molecule has 3 heteroatoms. The third-order valence-electron chi connectivity index (χ3n) is 5.26. The van der Waals surface area contributed by atoms with Gasteiger partial charge in [0.1, 0.15) is 5.82 Å². The Labute approximate surface area is 122 Å². The molecule has 2 fully saturated rings. The highest BCUT2D eigenvalue weighted by molar-refractivity contribution is 5.48. The Hall–Kier alpha value is -1.09. The molecule has 0 aromatic carbocycles. The van der Waals surface area contributed by atoms with Crippen LogP contribution in [0.15, 0.2) is 18.3 Å². The predicted molar refractivity (Wildman–Crippen MR) is 83.9 cm³/mol. The summed E-state index contributed by atoms with van der Waals surface area (Å²) in [6.07, 6.45) is 8.49. The van der Waals surface area contributed by atoms with Crippen molar-refractivity contribution < 1.29 is 0 Å². The Bertz CT molecular complexity index is 449. The van der Waals surface area contributed by atoms with Crippen molar-refractivity contribution in [1.82, 2.24) is 10.3 Å². The van der Waals surface area contributed by atoms with Gasteiger partial charge in [0, 0.05) is 37.4 Å². The van der Waals surface area contributed by atoms with E-state index in [2.05, 4.69) is 41.2 Å². The summed E-state index contributed by atoms with van der Waals surface area (Å²) in [5, 5.41) is 3.62. The number of nitrogens with zero attached hydrogens (tertiary/aromatic N) is 2. The van der Waals surface area contributed by atoms with Crippen molar-refractivity contribution in [2.75, 3.05) is 18.0 Å². The van der Waals surface area contributed by atoms with Crippen LogP contribution in [-0.2, 0) is 6.54 Å². The van der Waals surface area contributed by atoms with Gasteiger partial charge < -0.3 is 10.2 Å². The molecule has 1 aliphatic heterocycles. The second-order valence-electron chi connectivity index (χ2n) is 6.52. The maximum atomic E-state index is 4.68. The van der Waals surface area contributed by atoms with E-state index in [-0.39, 0.29) is 0 Å². The van der Waals surface area contributed by atoms with Gasteiger partial charge in [0.2, 0.25) is 0 Å². The molecule has 0 spiro atoms. The molecule has 1 aromatic heterocycles. The summed E-state index contributed by atoms with van der Waals surface area (Å²) in [5.41, 5.74) is 1.88. The van der Waals surface area contributed by atoms with Gasteiger partial charge in [0.05, 0.1) is 0 Å². The van der Waals surface area contributed by atoms with Crippen LogP contribution in [0.5, 0.6) is 0 Å². The van der Waals surface area contributed by atoms with Gasteiger partial charge in [-0.15, -0.1) is 0 Å². The van der Waals surface area contributed by atoms with E-state index in [1.807, 2.05) is 6.20 Å². The van der Waals surface area contributed by atoms with Gasteiger partial charge in [-0.1, -0.05) is 19.9 Å². The van der Waals surface area contributed by atoms with Crippen LogP contribution in [0.3, 0.4) is 0 Å². The van der Waals surface area contributed by atoms with Crippen molar-refractivity contribution in [3.63, 3.8) is 0 Å². The number of rotatable bonds is 6. The van der Waals surface area contributed by atoms with E-state index < -0.39 is 0 Å². The lowest BCUT2D eigenvalue weighted by molar-refractivity contribution is 0.301. The summed E-state index contributed by atoms with van der Waals surface area (Å²) in [4.78, 5) is 7.19. The molecular formula is C17H27N3. The van der Waals surface area contributed by atoms with E-state index in [4.69, 9.17) is 0 Å². The third kappa shape index (κ3) is 2.83. The molecule has 20 heavy (non-hydrogen) atoms. The molecule has 0 atom stereocenters. The van der Waals surface area contributed by atoms with Gasteiger partial charge >= 0.3 is 0 Å². The second-order valence-corrected chi connectivity index (χ2v) is 6.52. The van der Waals surface area contributed by atoms with Crippen LogP contribution in [0.1, 0.15) is 51.5 Å². The molecule has 1 aromatic rings. The summed E-state index contributed by atoms with van der Waals surface area (Å²) < 4.78 is 0. The van der Waals surface area contributed by atoms with Gasteiger partial charge in [-0.2, -0.15) is 0 Å². The van der Waals surface area contributed by atoms with Gasteiger partial charge in [-0.05, 0) is 43.6 Å². The lowest BCUT2D eigenvalue weighted by Gasteiger charge is -2.27. The minimum atomic E-state index is 0.513. The number of hydrogen-bond acceptors (Lipinski definition) is 3. The second kappa shape index (κ2) is 5.72. The topological polar surface area (TPSA) is 28.2 Å². The fraction of sp³-hybridized carbons (Fsp3) is 0.706. The van der Waals surface area contributed by atoms with E-state index >= 15 is 0 Å². The van der Waals surface area contributed by atoms with Crippen LogP contribution in [0, 0.1) is 5.41 Å². The first-order valence-corrected chi connectivity index (χ1v) is 8.18. The Morgan fingerprint density at radius 3 is 2.80 bits per heavy atom. The summed E-state index contributed by atoms with van der Waals surface area (Å²) in [6, 6.07) is 5.05. The molecular weight excluding hydrogens is 246 g/mol. The third-order valence-corrected chi connectivity index (χ3v) is 5.26. The average molecular weight is 273 g/mol. The molecule has 3 nitrogen and oxygen atoms in total. The minimum absolute atomic E-state index is 0.513. The average Bonchev–Trinajstić information content (AvgIpc) is 3.23. The molecule has 0 bridgehead atoms. The largest absolute Gasteiger partial charge is 0.356 e. The molecule has 0 unspecified atom stereocenters. The zero-order chi connectivity index (χ0) is 14.0. The van der Waals surface area contributed by atoms with Crippen molar-refractivity contribution in [3.8, 4) is 0 Å². The first kappa shape index (κ1) is 13.9. The Morgan fingerprint density at radius 2 is 2.15 bits per heavy atom. The van der Waals surface area contributed by atoms with E-state index in [0.717, 1.165) is 19.1 Å². The molecule has 1 saturated carbocycles. The van der Waals surface area contributed by atoms with Crippen LogP contribution in [-0.4, -0.2) is 24.1 Å². The molecule has 1 N–H and O–H groups in total. The van der Waals surface area contributed by atoms with E-state index in [0.29, 0.717) is 5.41 Å². The monoisotopic (exact) mass is 273 g/mol. The lowest BCUT2D eigenvalue weighted by atomic mass is 9.82. The summed E-state index contributed by atoms with van der Waals surface area (Å²) in [7, 11) is 0. The Balaban J connectivity index is 1.73. The van der Waals surface area contributed by atoms with E-state index in [9.17, 15) is 0 Å². The molecule has 0 amide bonds. The molecule has 0 radical (unpaired) electrons. The number of nitrogens with one attached hydrogen (secondary N) is 1. The zero-order valence-electron chi connectivity index (χ0n) is 12.9. The van der Waals surface area contributed by atoms with Crippen LogP contribution < -0.4 is 10.2 Å². The maximum Gasteiger partial charge on any atom is 0.133 e. The van der Waals surface area contributed by atoms with Crippen molar-refractivity contribution in [1.29, 1.82) is 0 Å². The first-order chi connectivity index (χ1) is 9.76. The SMILES string of the molecule is CCC1(CC)CCN(c2ncccc2CNC2CC2)C1. The van der Waals surface area contributed by atoms with Gasteiger partial charge in [-0.3, -0.25) is 0 Å². The number of aromatic nitrogens is 1. The van der Waals surface area contributed by atoms with Gasteiger partial charge in [-0.25, -0.2) is 4.98 Å². The van der Waals surface area contributed by atoms with Gasteiger partial charge in [0.25, 0.3) is 0 Å². The highest BCUT2D eigenvalue weighted by Gasteiger charge is 2.36. The maximum absolute atomic E-state index is 4.68. The van der Waals surface area contributed by atoms with E-state index in [1.54, 1.807) is 0 Å². The molecule has 3 rings (SSSR count).